The number of ether oxygens (including phenoxy) is 1. The van der Waals surface area contributed by atoms with E-state index in [4.69, 9.17) is 4.74 Å². The average molecular weight is 400 g/mol. The number of hydrogen-bond acceptors (Lipinski definition) is 5. The van der Waals surface area contributed by atoms with Crippen molar-refractivity contribution in [1.29, 1.82) is 0 Å². The number of urea groups is 1. The number of amides is 3. The summed E-state index contributed by atoms with van der Waals surface area (Å²) in [6.07, 6.45) is 4.79. The van der Waals surface area contributed by atoms with E-state index in [2.05, 4.69) is 20.9 Å². The third-order valence-corrected chi connectivity index (χ3v) is 5.08. The lowest BCUT2D eigenvalue weighted by atomic mass is 10.2. The first-order valence-corrected chi connectivity index (χ1v) is 9.50. The van der Waals surface area contributed by atoms with Crippen LogP contribution in [0.4, 0.5) is 13.6 Å². The molecule has 9 nitrogen and oxygen atoms in total. The van der Waals surface area contributed by atoms with E-state index >= 15 is 0 Å². The quantitative estimate of drug-likeness (QED) is 0.666. The highest BCUT2D eigenvalue weighted by Crippen LogP contribution is 2.33. The molecule has 2 N–H and O–H groups in total. The molecule has 1 aliphatic carbocycles. The summed E-state index contributed by atoms with van der Waals surface area (Å²) in [5, 5.41) is 13.1. The molecule has 2 heterocycles. The fourth-order valence-corrected chi connectivity index (χ4v) is 3.69. The summed E-state index contributed by atoms with van der Waals surface area (Å²) < 4.78 is 34.1. The molecule has 0 aromatic carbocycles. The summed E-state index contributed by atoms with van der Waals surface area (Å²) in [5.41, 5.74) is 0.0859. The number of alkyl halides is 2. The topological polar surface area (TPSA) is 101 Å². The maximum Gasteiger partial charge on any atom is 0.318 e. The van der Waals surface area contributed by atoms with Crippen molar-refractivity contribution in [3.8, 4) is 0 Å². The minimum absolute atomic E-state index is 0.0476. The van der Waals surface area contributed by atoms with Crippen molar-refractivity contribution in [2.75, 3.05) is 26.8 Å². The second-order valence-corrected chi connectivity index (χ2v) is 7.35. The van der Waals surface area contributed by atoms with Gasteiger partial charge in [0.15, 0.2) is 5.69 Å². The van der Waals surface area contributed by atoms with Crippen molar-refractivity contribution in [1.82, 2.24) is 30.5 Å². The smallest absolute Gasteiger partial charge is 0.318 e. The molecule has 28 heavy (non-hydrogen) atoms. The lowest BCUT2D eigenvalue weighted by Gasteiger charge is -2.25. The van der Waals surface area contributed by atoms with E-state index in [9.17, 15) is 18.4 Å². The molecule has 1 aromatic heterocycles. The van der Waals surface area contributed by atoms with Crippen molar-refractivity contribution in [3.05, 3.63) is 11.9 Å². The van der Waals surface area contributed by atoms with Gasteiger partial charge in [0.25, 0.3) is 11.8 Å². The van der Waals surface area contributed by atoms with Crippen LogP contribution < -0.4 is 10.6 Å². The summed E-state index contributed by atoms with van der Waals surface area (Å²) in [7, 11) is 1.52. The van der Waals surface area contributed by atoms with E-state index in [1.807, 2.05) is 0 Å². The number of carbonyl (C=O) groups excluding carboxylic acids is 2. The molecule has 0 radical (unpaired) electrons. The number of hydrogen-bond donors (Lipinski definition) is 2. The van der Waals surface area contributed by atoms with Gasteiger partial charge in [-0.05, 0) is 12.8 Å². The van der Waals surface area contributed by atoms with Crippen molar-refractivity contribution in [2.24, 2.45) is 0 Å². The normalized spacial score (nSPS) is 21.8. The maximum atomic E-state index is 14.0. The van der Waals surface area contributed by atoms with Gasteiger partial charge in [0.1, 0.15) is 0 Å². The molecule has 3 rings (SSSR count). The standard InChI is InChI=1S/C17H26F2N6O3/c1-28-7-6-20-15(26)14-10-24(23-22-14)9-13-8-17(18,19)11-25(13)16(27)21-12-4-2-3-5-12/h10,12-13H,2-9,11H2,1H3,(H,20,26)(H,21,27)/t13-/m0/s1. The van der Waals surface area contributed by atoms with E-state index in [-0.39, 0.29) is 18.3 Å². The van der Waals surface area contributed by atoms with Crippen LogP contribution in [-0.4, -0.2) is 76.6 Å². The number of methoxy groups -OCH3 is 1. The Balaban J connectivity index is 1.60. The predicted octanol–water partition coefficient (Wildman–Crippen LogP) is 1.02. The predicted molar refractivity (Wildman–Crippen MR) is 95.1 cm³/mol. The SMILES string of the molecule is COCCNC(=O)c1cn(C[C@@H]2CC(F)(F)CN2C(=O)NC2CCCC2)nn1. The third-order valence-electron chi connectivity index (χ3n) is 5.08. The summed E-state index contributed by atoms with van der Waals surface area (Å²) in [4.78, 5) is 25.7. The molecule has 3 amide bonds. The lowest BCUT2D eigenvalue weighted by Crippen LogP contribution is -2.47. The van der Waals surface area contributed by atoms with E-state index in [0.717, 1.165) is 25.7 Å². The molecular weight excluding hydrogens is 374 g/mol. The van der Waals surface area contributed by atoms with Crippen molar-refractivity contribution < 1.29 is 23.1 Å². The molecule has 0 spiro atoms. The Kier molecular flexibility index (Phi) is 6.42. The molecule has 2 aliphatic rings. The van der Waals surface area contributed by atoms with Crippen LogP contribution in [0.25, 0.3) is 0 Å². The first-order chi connectivity index (χ1) is 13.4. The molecule has 0 bridgehead atoms. The molecule has 0 unspecified atom stereocenters. The van der Waals surface area contributed by atoms with Crippen LogP contribution in [0.3, 0.4) is 0 Å². The number of aromatic nitrogens is 3. The largest absolute Gasteiger partial charge is 0.383 e. The van der Waals surface area contributed by atoms with Gasteiger partial charge in [-0.2, -0.15) is 0 Å². The zero-order chi connectivity index (χ0) is 20.1. The van der Waals surface area contributed by atoms with Crippen LogP contribution in [0, 0.1) is 0 Å². The lowest BCUT2D eigenvalue weighted by molar-refractivity contribution is 0.0144. The Bertz CT molecular complexity index is 692. The van der Waals surface area contributed by atoms with Crippen LogP contribution in [-0.2, 0) is 11.3 Å². The number of rotatable bonds is 7. The minimum atomic E-state index is -2.95. The fraction of sp³-hybridized carbons (Fsp3) is 0.765. The van der Waals surface area contributed by atoms with E-state index in [0.29, 0.717) is 13.2 Å². The molecule has 1 aliphatic heterocycles. The Morgan fingerprint density at radius 3 is 2.82 bits per heavy atom. The van der Waals surface area contributed by atoms with Gasteiger partial charge >= 0.3 is 6.03 Å². The van der Waals surface area contributed by atoms with Crippen LogP contribution in [0.1, 0.15) is 42.6 Å². The molecule has 1 atom stereocenters. The van der Waals surface area contributed by atoms with Gasteiger partial charge in [-0.15, -0.1) is 5.10 Å². The van der Waals surface area contributed by atoms with E-state index < -0.39 is 36.9 Å². The highest BCUT2D eigenvalue weighted by molar-refractivity contribution is 5.91. The summed E-state index contributed by atoms with van der Waals surface area (Å²) in [5.74, 6) is -3.37. The van der Waals surface area contributed by atoms with Crippen molar-refractivity contribution in [3.63, 3.8) is 0 Å². The molecule has 1 saturated carbocycles. The first kappa shape index (κ1) is 20.4. The van der Waals surface area contributed by atoms with Crippen molar-refractivity contribution >= 4 is 11.9 Å². The van der Waals surface area contributed by atoms with Gasteiger partial charge in [-0.25, -0.2) is 18.3 Å². The second kappa shape index (κ2) is 8.80. The molecule has 2 fully saturated rings. The van der Waals surface area contributed by atoms with Crippen molar-refractivity contribution in [2.45, 2.75) is 56.7 Å². The maximum absolute atomic E-state index is 14.0. The molecule has 156 valence electrons. The van der Waals surface area contributed by atoms with Gasteiger partial charge in [0.05, 0.1) is 31.9 Å². The van der Waals surface area contributed by atoms with E-state index in [1.165, 1.54) is 22.9 Å². The minimum Gasteiger partial charge on any atom is -0.383 e. The molecule has 1 aromatic rings. The fourth-order valence-electron chi connectivity index (χ4n) is 3.69. The number of carbonyl (C=O) groups is 2. The summed E-state index contributed by atoms with van der Waals surface area (Å²) >= 11 is 0. The number of likely N-dealkylation sites (tertiary alicyclic amines) is 1. The zero-order valence-electron chi connectivity index (χ0n) is 15.9. The van der Waals surface area contributed by atoms with Crippen LogP contribution in [0.2, 0.25) is 0 Å². The Labute approximate surface area is 161 Å². The highest BCUT2D eigenvalue weighted by atomic mass is 19.3. The average Bonchev–Trinajstić information content (AvgIpc) is 3.36. The van der Waals surface area contributed by atoms with Gasteiger partial charge in [0, 0.05) is 26.1 Å². The monoisotopic (exact) mass is 400 g/mol. The Morgan fingerprint density at radius 2 is 2.11 bits per heavy atom. The van der Waals surface area contributed by atoms with Crippen LogP contribution >= 0.6 is 0 Å². The second-order valence-electron chi connectivity index (χ2n) is 7.35. The highest BCUT2D eigenvalue weighted by Gasteiger charge is 2.47. The Hall–Kier alpha value is -2.30. The summed E-state index contributed by atoms with van der Waals surface area (Å²) in [6, 6.07) is -1.13. The van der Waals surface area contributed by atoms with Crippen LogP contribution in [0.5, 0.6) is 0 Å². The number of halogens is 2. The van der Waals surface area contributed by atoms with Gasteiger partial charge in [0.2, 0.25) is 0 Å². The van der Waals surface area contributed by atoms with Crippen LogP contribution in [0.15, 0.2) is 6.20 Å². The number of nitrogens with zero attached hydrogens (tertiary/aromatic N) is 4. The molecular formula is C17H26F2N6O3. The van der Waals surface area contributed by atoms with Gasteiger partial charge in [-0.1, -0.05) is 18.1 Å². The number of nitrogens with one attached hydrogen (secondary N) is 2. The van der Waals surface area contributed by atoms with Gasteiger partial charge < -0.3 is 20.3 Å². The molecule has 11 heteroatoms. The zero-order valence-corrected chi connectivity index (χ0v) is 15.9. The Morgan fingerprint density at radius 1 is 1.36 bits per heavy atom. The van der Waals surface area contributed by atoms with Gasteiger partial charge in [-0.3, -0.25) is 4.79 Å². The molecule has 1 saturated heterocycles. The third kappa shape index (κ3) is 5.15. The summed E-state index contributed by atoms with van der Waals surface area (Å²) in [6.45, 7) is 0.121. The first-order valence-electron chi connectivity index (χ1n) is 9.50. The van der Waals surface area contributed by atoms with E-state index in [1.54, 1.807) is 0 Å².